The van der Waals surface area contributed by atoms with E-state index in [-0.39, 0.29) is 35.4 Å². The van der Waals surface area contributed by atoms with Gasteiger partial charge in [-0.1, -0.05) is 57.2 Å². The molecule has 1 saturated heterocycles. The maximum absolute atomic E-state index is 13.3. The number of carbonyl (C=O) groups is 4. The number of aromatic nitrogens is 1. The van der Waals surface area contributed by atoms with E-state index >= 15 is 0 Å². The first-order valence-corrected chi connectivity index (χ1v) is 13.0. The first-order chi connectivity index (χ1) is 16.7. The Kier molecular flexibility index (Phi) is 7.44. The van der Waals surface area contributed by atoms with Crippen molar-refractivity contribution in [3.05, 3.63) is 41.1 Å². The lowest BCUT2D eigenvalue weighted by Crippen LogP contribution is -2.38. The number of amides is 3. The van der Waals surface area contributed by atoms with Gasteiger partial charge in [-0.25, -0.2) is 4.79 Å². The molecule has 0 spiro atoms. The van der Waals surface area contributed by atoms with Gasteiger partial charge in [0.2, 0.25) is 5.91 Å². The third-order valence-electron chi connectivity index (χ3n) is 7.31. The second kappa shape index (κ2) is 10.4. The van der Waals surface area contributed by atoms with Gasteiger partial charge in [-0.3, -0.25) is 24.3 Å². The molecule has 1 unspecified atom stereocenters. The molecule has 9 heteroatoms. The molecule has 2 aliphatic rings. The van der Waals surface area contributed by atoms with E-state index in [0.29, 0.717) is 11.5 Å². The second-order valence-corrected chi connectivity index (χ2v) is 10.7. The summed E-state index contributed by atoms with van der Waals surface area (Å²) < 4.78 is 5.45. The minimum Gasteiger partial charge on any atom is -0.452 e. The van der Waals surface area contributed by atoms with Crippen LogP contribution in [0.3, 0.4) is 0 Å². The van der Waals surface area contributed by atoms with E-state index in [1.54, 1.807) is 0 Å². The third kappa shape index (κ3) is 5.34. The summed E-state index contributed by atoms with van der Waals surface area (Å²) in [5.41, 5.74) is 3.24. The fourth-order valence-corrected chi connectivity index (χ4v) is 5.49. The highest BCUT2D eigenvalue weighted by Gasteiger charge is 2.35. The summed E-state index contributed by atoms with van der Waals surface area (Å²) >= 11 is 0.949. The molecule has 0 bridgehead atoms. The molecule has 186 valence electrons. The molecule has 1 atom stereocenters. The average Bonchev–Trinajstić information content (AvgIpc) is 3.17. The van der Waals surface area contributed by atoms with Crippen LogP contribution in [0.5, 0.6) is 0 Å². The third-order valence-corrected chi connectivity index (χ3v) is 8.17. The van der Waals surface area contributed by atoms with Gasteiger partial charge < -0.3 is 10.1 Å². The lowest BCUT2D eigenvalue weighted by molar-refractivity contribution is -0.126. The van der Waals surface area contributed by atoms with Crippen LogP contribution < -0.4 is 5.32 Å². The topological polar surface area (TPSA) is 106 Å². The number of rotatable bonds is 8. The predicted molar refractivity (Wildman–Crippen MR) is 134 cm³/mol. The van der Waals surface area contributed by atoms with Gasteiger partial charge in [0.1, 0.15) is 0 Å². The molecule has 35 heavy (non-hydrogen) atoms. The minimum absolute atomic E-state index is 0.0987. The predicted octanol–water partition coefficient (Wildman–Crippen LogP) is 3.74. The Hall–Kier alpha value is -2.94. The molecule has 4 rings (SSSR count). The van der Waals surface area contributed by atoms with E-state index in [2.05, 4.69) is 26.1 Å². The number of thioether (sulfide) groups is 1. The van der Waals surface area contributed by atoms with Crippen LogP contribution in [-0.4, -0.2) is 58.4 Å². The first kappa shape index (κ1) is 25.2. The Balaban J connectivity index is 1.47. The van der Waals surface area contributed by atoms with Gasteiger partial charge in [0.25, 0.3) is 11.1 Å². The smallest absolute Gasteiger partial charge is 0.339 e. The molecule has 0 radical (unpaired) electrons. The number of imide groups is 1. The monoisotopic (exact) mass is 497 g/mol. The van der Waals surface area contributed by atoms with Crippen LogP contribution >= 0.6 is 11.8 Å². The number of carbonyl (C=O) groups excluding carboxylic acids is 4. The van der Waals surface area contributed by atoms with Crippen LogP contribution in [0, 0.1) is 11.3 Å². The average molecular weight is 498 g/mol. The molecule has 1 fully saturated rings. The molecule has 2 heterocycles. The van der Waals surface area contributed by atoms with Crippen molar-refractivity contribution in [2.24, 2.45) is 11.3 Å². The summed E-state index contributed by atoms with van der Waals surface area (Å²) in [4.78, 5) is 54.8. The van der Waals surface area contributed by atoms with Gasteiger partial charge in [0, 0.05) is 24.2 Å². The minimum atomic E-state index is -0.536. The Morgan fingerprint density at radius 2 is 2.03 bits per heavy atom. The van der Waals surface area contributed by atoms with E-state index in [1.807, 2.05) is 24.3 Å². The Morgan fingerprint density at radius 3 is 2.74 bits per heavy atom. The number of ether oxygens (including phenoxy) is 1. The number of nitrogens with one attached hydrogen (secondary N) is 1. The van der Waals surface area contributed by atoms with Crippen molar-refractivity contribution in [2.75, 3.05) is 25.4 Å². The number of esters is 1. The maximum Gasteiger partial charge on any atom is 0.339 e. The molecule has 0 saturated carbocycles. The number of aryl methyl sites for hydroxylation is 1. The summed E-state index contributed by atoms with van der Waals surface area (Å²) in [6.07, 6.45) is 3.62. The number of para-hydroxylation sites is 1. The molecular formula is C26H31N3O5S. The van der Waals surface area contributed by atoms with Crippen molar-refractivity contribution < 1.29 is 23.9 Å². The van der Waals surface area contributed by atoms with Gasteiger partial charge in [0.15, 0.2) is 6.61 Å². The van der Waals surface area contributed by atoms with Gasteiger partial charge in [-0.05, 0) is 42.2 Å². The molecule has 3 amide bonds. The Labute approximate surface area is 209 Å². The quantitative estimate of drug-likeness (QED) is 0.554. The van der Waals surface area contributed by atoms with Crippen LogP contribution in [-0.2, 0) is 27.2 Å². The largest absolute Gasteiger partial charge is 0.452 e. The molecule has 1 aliphatic carbocycles. The van der Waals surface area contributed by atoms with E-state index in [4.69, 9.17) is 9.72 Å². The zero-order valence-corrected chi connectivity index (χ0v) is 21.2. The second-order valence-electron chi connectivity index (χ2n) is 9.74. The van der Waals surface area contributed by atoms with Crippen LogP contribution in [0.15, 0.2) is 24.3 Å². The number of pyridine rings is 1. The van der Waals surface area contributed by atoms with Gasteiger partial charge in [0.05, 0.1) is 16.8 Å². The standard InChI is InChI=1S/C26H31N3O5S/c1-4-26(2,3)16-9-10-20-18(13-16)23(17-7-5-6-8-19(17)28-20)24(32)34-14-21(30)27-11-12-29-22(31)15-35-25(29)33/h5-8,16H,4,9-15H2,1-3H3,(H,27,30). The Morgan fingerprint density at radius 1 is 1.26 bits per heavy atom. The molecule has 1 aromatic carbocycles. The highest BCUT2D eigenvalue weighted by Crippen LogP contribution is 2.41. The number of fused-ring (bicyclic) bond motifs is 2. The highest BCUT2D eigenvalue weighted by atomic mass is 32.2. The van der Waals surface area contributed by atoms with E-state index in [0.717, 1.165) is 64.5 Å². The highest BCUT2D eigenvalue weighted by molar-refractivity contribution is 8.14. The number of benzene rings is 1. The number of hydrogen-bond acceptors (Lipinski definition) is 7. The van der Waals surface area contributed by atoms with E-state index < -0.39 is 18.5 Å². The van der Waals surface area contributed by atoms with Crippen LogP contribution in [0.1, 0.15) is 55.2 Å². The molecule has 1 N–H and O–H groups in total. The van der Waals surface area contributed by atoms with Gasteiger partial charge in [-0.2, -0.15) is 0 Å². The van der Waals surface area contributed by atoms with Crippen LogP contribution in [0.2, 0.25) is 0 Å². The number of nitrogens with zero attached hydrogens (tertiary/aromatic N) is 2. The molecule has 1 aromatic heterocycles. The number of hydrogen-bond donors (Lipinski definition) is 1. The molecule has 1 aliphatic heterocycles. The van der Waals surface area contributed by atoms with Crippen molar-refractivity contribution in [1.29, 1.82) is 0 Å². The molecular weight excluding hydrogens is 466 g/mol. The van der Waals surface area contributed by atoms with Gasteiger partial charge >= 0.3 is 5.97 Å². The van der Waals surface area contributed by atoms with E-state index in [9.17, 15) is 19.2 Å². The fourth-order valence-electron chi connectivity index (χ4n) is 4.74. The fraction of sp³-hybridized carbons (Fsp3) is 0.500. The molecule has 8 nitrogen and oxygen atoms in total. The summed E-state index contributed by atoms with van der Waals surface area (Å²) in [5, 5.41) is 3.03. The van der Waals surface area contributed by atoms with Crippen molar-refractivity contribution in [3.63, 3.8) is 0 Å². The normalized spacial score (nSPS) is 18.0. The first-order valence-electron chi connectivity index (χ1n) is 12.0. The van der Waals surface area contributed by atoms with Gasteiger partial charge in [-0.15, -0.1) is 0 Å². The van der Waals surface area contributed by atoms with Crippen LogP contribution in [0.4, 0.5) is 4.79 Å². The summed E-state index contributed by atoms with van der Waals surface area (Å²) in [6, 6.07) is 7.52. The lowest BCUT2D eigenvalue weighted by Gasteiger charge is -2.37. The van der Waals surface area contributed by atoms with Crippen molar-refractivity contribution >= 4 is 45.7 Å². The SMILES string of the molecule is CCC(C)(C)C1CCc2nc3ccccc3c(C(=O)OCC(=O)NCCN3C(=O)CSC3=O)c2C1. The van der Waals surface area contributed by atoms with Crippen molar-refractivity contribution in [2.45, 2.75) is 46.5 Å². The summed E-state index contributed by atoms with van der Waals surface area (Å²) in [6.45, 7) is 6.49. The Bertz CT molecular complexity index is 1160. The zero-order chi connectivity index (χ0) is 25.2. The maximum atomic E-state index is 13.3. The van der Waals surface area contributed by atoms with Crippen molar-refractivity contribution in [1.82, 2.24) is 15.2 Å². The lowest BCUT2D eigenvalue weighted by atomic mass is 9.68. The van der Waals surface area contributed by atoms with Crippen LogP contribution in [0.25, 0.3) is 10.9 Å². The summed E-state index contributed by atoms with van der Waals surface area (Å²) in [5.74, 6) is -0.731. The van der Waals surface area contributed by atoms with Crippen molar-refractivity contribution in [3.8, 4) is 0 Å². The summed E-state index contributed by atoms with van der Waals surface area (Å²) in [7, 11) is 0. The zero-order valence-electron chi connectivity index (χ0n) is 20.4. The molecule has 2 aromatic rings. The van der Waals surface area contributed by atoms with E-state index in [1.165, 1.54) is 0 Å².